The molecule has 1 aliphatic carbocycles. The number of nitrogens with one attached hydrogen (secondary N) is 1. The Balaban J connectivity index is 1.75. The predicted octanol–water partition coefficient (Wildman–Crippen LogP) is 1.87. The highest BCUT2D eigenvalue weighted by atomic mass is 19.4. The first kappa shape index (κ1) is 15.8. The molecule has 4 nitrogen and oxygen atoms in total. The van der Waals surface area contributed by atoms with Crippen LogP contribution in [0.3, 0.4) is 0 Å². The molecule has 1 amide bonds. The minimum Gasteiger partial charge on any atom is -0.367 e. The van der Waals surface area contributed by atoms with Crippen molar-refractivity contribution in [2.24, 2.45) is 5.73 Å². The van der Waals surface area contributed by atoms with Gasteiger partial charge >= 0.3 is 6.18 Å². The largest absolute Gasteiger partial charge is 0.411 e. The quantitative estimate of drug-likeness (QED) is 0.843. The van der Waals surface area contributed by atoms with E-state index in [0.717, 1.165) is 5.56 Å². The van der Waals surface area contributed by atoms with Crippen LogP contribution in [0, 0.1) is 0 Å². The van der Waals surface area contributed by atoms with E-state index < -0.39 is 18.3 Å². The van der Waals surface area contributed by atoms with Crippen molar-refractivity contribution in [2.75, 3.05) is 6.61 Å². The first-order chi connectivity index (χ1) is 9.78. The molecule has 1 fully saturated rings. The number of halogens is 3. The molecule has 0 aliphatic heterocycles. The van der Waals surface area contributed by atoms with Crippen molar-refractivity contribution in [3.8, 4) is 0 Å². The van der Waals surface area contributed by atoms with Crippen molar-refractivity contribution in [3.05, 3.63) is 35.4 Å². The number of carbonyl (C=O) groups excluding carboxylic acids is 1. The minimum absolute atomic E-state index is 0.0991. The number of rotatable bonds is 6. The van der Waals surface area contributed by atoms with E-state index in [1.807, 2.05) is 0 Å². The van der Waals surface area contributed by atoms with Gasteiger partial charge in [0, 0.05) is 6.54 Å². The molecule has 2 rings (SSSR count). The highest BCUT2D eigenvalue weighted by Crippen LogP contribution is 2.32. The van der Waals surface area contributed by atoms with Crippen LogP contribution in [0.5, 0.6) is 0 Å². The van der Waals surface area contributed by atoms with Gasteiger partial charge in [-0.15, -0.1) is 0 Å². The average Bonchev–Trinajstić information content (AvgIpc) is 3.15. The van der Waals surface area contributed by atoms with Crippen LogP contribution in [0.25, 0.3) is 0 Å². The van der Waals surface area contributed by atoms with Crippen molar-refractivity contribution in [1.29, 1.82) is 0 Å². The van der Waals surface area contributed by atoms with E-state index in [0.29, 0.717) is 24.9 Å². The molecule has 1 aliphatic rings. The summed E-state index contributed by atoms with van der Waals surface area (Å²) in [5, 5.41) is 2.74. The van der Waals surface area contributed by atoms with Crippen molar-refractivity contribution in [2.45, 2.75) is 37.7 Å². The number of ether oxygens (including phenoxy) is 1. The topological polar surface area (TPSA) is 64.4 Å². The fraction of sp³-hybridized carbons (Fsp3) is 0.500. The van der Waals surface area contributed by atoms with E-state index in [1.54, 1.807) is 24.3 Å². The zero-order chi connectivity index (χ0) is 15.5. The van der Waals surface area contributed by atoms with E-state index in [-0.39, 0.29) is 12.5 Å². The van der Waals surface area contributed by atoms with E-state index in [4.69, 9.17) is 5.73 Å². The molecule has 0 atom stereocenters. The number of amides is 1. The zero-order valence-electron chi connectivity index (χ0n) is 11.4. The lowest BCUT2D eigenvalue weighted by molar-refractivity contribution is -0.176. The van der Waals surface area contributed by atoms with Gasteiger partial charge in [-0.3, -0.25) is 4.79 Å². The SMILES string of the molecule is NC1(C(=O)NCc2ccc(COCC(F)(F)F)cc2)CC1. The Morgan fingerprint density at radius 1 is 1.24 bits per heavy atom. The van der Waals surface area contributed by atoms with Crippen LogP contribution in [0.15, 0.2) is 24.3 Å². The first-order valence-corrected chi connectivity index (χ1v) is 6.58. The Morgan fingerprint density at radius 3 is 2.33 bits per heavy atom. The number of benzene rings is 1. The molecular formula is C14H17F3N2O2. The molecule has 0 aromatic heterocycles. The summed E-state index contributed by atoms with van der Waals surface area (Å²) in [6.07, 6.45) is -2.91. The summed E-state index contributed by atoms with van der Waals surface area (Å²) in [5.74, 6) is -0.167. The van der Waals surface area contributed by atoms with E-state index in [2.05, 4.69) is 10.1 Å². The van der Waals surface area contributed by atoms with Crippen LogP contribution >= 0.6 is 0 Å². The summed E-state index contributed by atoms with van der Waals surface area (Å²) in [6.45, 7) is -1.01. The maximum Gasteiger partial charge on any atom is 0.411 e. The number of hydrogen-bond acceptors (Lipinski definition) is 3. The van der Waals surface area contributed by atoms with Gasteiger partial charge in [0.05, 0.1) is 12.1 Å². The molecule has 0 heterocycles. The second kappa shape index (κ2) is 6.03. The third-order valence-corrected chi connectivity index (χ3v) is 3.25. The summed E-state index contributed by atoms with van der Waals surface area (Å²) in [6, 6.07) is 6.83. The second-order valence-corrected chi connectivity index (χ2v) is 5.26. The highest BCUT2D eigenvalue weighted by molar-refractivity contribution is 5.88. The lowest BCUT2D eigenvalue weighted by Crippen LogP contribution is -2.42. The molecule has 0 radical (unpaired) electrons. The summed E-state index contributed by atoms with van der Waals surface area (Å²) in [7, 11) is 0. The standard InChI is InChI=1S/C14H17F3N2O2/c15-14(16,17)9-21-8-11-3-1-10(2-4-11)7-19-12(20)13(18)5-6-13/h1-4H,5-9,18H2,(H,19,20). The third kappa shape index (κ3) is 5.02. The molecule has 21 heavy (non-hydrogen) atoms. The number of carbonyl (C=O) groups is 1. The van der Waals surface area contributed by atoms with Gasteiger partial charge in [-0.05, 0) is 24.0 Å². The Labute approximate surface area is 120 Å². The smallest absolute Gasteiger partial charge is 0.367 e. The van der Waals surface area contributed by atoms with Crippen LogP contribution in [0.1, 0.15) is 24.0 Å². The predicted molar refractivity (Wildman–Crippen MR) is 70.2 cm³/mol. The van der Waals surface area contributed by atoms with Crippen LogP contribution < -0.4 is 11.1 Å². The van der Waals surface area contributed by atoms with Crippen molar-refractivity contribution in [1.82, 2.24) is 5.32 Å². The fourth-order valence-corrected chi connectivity index (χ4v) is 1.76. The van der Waals surface area contributed by atoms with Crippen LogP contribution in [-0.2, 0) is 22.7 Å². The van der Waals surface area contributed by atoms with Crippen molar-refractivity contribution in [3.63, 3.8) is 0 Å². The van der Waals surface area contributed by atoms with Gasteiger partial charge in [0.1, 0.15) is 6.61 Å². The zero-order valence-corrected chi connectivity index (χ0v) is 11.4. The van der Waals surface area contributed by atoms with Gasteiger partial charge in [-0.2, -0.15) is 13.2 Å². The number of hydrogen-bond donors (Lipinski definition) is 2. The summed E-state index contributed by atoms with van der Waals surface area (Å²) >= 11 is 0. The number of nitrogens with two attached hydrogens (primary N) is 1. The molecule has 1 saturated carbocycles. The van der Waals surface area contributed by atoms with Crippen molar-refractivity contribution < 1.29 is 22.7 Å². The first-order valence-electron chi connectivity index (χ1n) is 6.58. The molecule has 116 valence electrons. The monoisotopic (exact) mass is 302 g/mol. The Hall–Kier alpha value is -1.60. The van der Waals surface area contributed by atoms with Gasteiger partial charge in [0.2, 0.25) is 5.91 Å². The van der Waals surface area contributed by atoms with Crippen molar-refractivity contribution >= 4 is 5.91 Å². The van der Waals surface area contributed by atoms with Crippen LogP contribution in [0.2, 0.25) is 0 Å². The summed E-state index contributed by atoms with van der Waals surface area (Å²) < 4.78 is 40.3. The molecule has 7 heteroatoms. The molecule has 3 N–H and O–H groups in total. The average molecular weight is 302 g/mol. The van der Waals surface area contributed by atoms with E-state index in [1.165, 1.54) is 0 Å². The molecule has 1 aromatic rings. The molecule has 0 bridgehead atoms. The summed E-state index contributed by atoms with van der Waals surface area (Å²) in [4.78, 5) is 11.6. The maximum atomic E-state index is 11.9. The van der Waals surface area contributed by atoms with E-state index >= 15 is 0 Å². The molecular weight excluding hydrogens is 285 g/mol. The Bertz CT molecular complexity index is 496. The van der Waals surface area contributed by atoms with Crippen LogP contribution in [0.4, 0.5) is 13.2 Å². The Morgan fingerprint density at radius 2 is 1.81 bits per heavy atom. The molecule has 0 saturated heterocycles. The van der Waals surface area contributed by atoms with Gasteiger partial charge < -0.3 is 15.8 Å². The normalized spacial score (nSPS) is 16.6. The number of alkyl halides is 3. The maximum absolute atomic E-state index is 11.9. The lowest BCUT2D eigenvalue weighted by Gasteiger charge is -2.11. The van der Waals surface area contributed by atoms with E-state index in [9.17, 15) is 18.0 Å². The minimum atomic E-state index is -4.31. The van der Waals surface area contributed by atoms with Gasteiger partial charge in [-0.25, -0.2) is 0 Å². The van der Waals surface area contributed by atoms with Gasteiger partial charge in [0.15, 0.2) is 0 Å². The molecule has 0 unspecified atom stereocenters. The lowest BCUT2D eigenvalue weighted by atomic mass is 10.1. The molecule has 0 spiro atoms. The van der Waals surface area contributed by atoms with Crippen LogP contribution in [-0.4, -0.2) is 24.2 Å². The van der Waals surface area contributed by atoms with Gasteiger partial charge in [-0.1, -0.05) is 24.3 Å². The second-order valence-electron chi connectivity index (χ2n) is 5.26. The third-order valence-electron chi connectivity index (χ3n) is 3.25. The highest BCUT2D eigenvalue weighted by Gasteiger charge is 2.45. The fourth-order valence-electron chi connectivity index (χ4n) is 1.76. The molecule has 1 aromatic carbocycles. The summed E-state index contributed by atoms with van der Waals surface area (Å²) in [5.41, 5.74) is 6.54. The van der Waals surface area contributed by atoms with Gasteiger partial charge in [0.25, 0.3) is 0 Å². The Kier molecular flexibility index (Phi) is 4.53.